The molecule has 132 valence electrons. The lowest BCUT2D eigenvalue weighted by atomic mass is 10.1. The quantitative estimate of drug-likeness (QED) is 0.840. The van der Waals surface area contributed by atoms with Gasteiger partial charge in [0, 0.05) is 18.2 Å². The smallest absolute Gasteiger partial charge is 0.307 e. The average Bonchev–Trinajstić information content (AvgIpc) is 3.29. The van der Waals surface area contributed by atoms with E-state index in [0.717, 1.165) is 4.90 Å². The van der Waals surface area contributed by atoms with Crippen molar-refractivity contribution in [3.05, 3.63) is 41.9 Å². The normalized spacial score (nSPS) is 19.2. The molecule has 1 aliphatic rings. The van der Waals surface area contributed by atoms with Gasteiger partial charge in [0.1, 0.15) is 6.04 Å². The van der Waals surface area contributed by atoms with E-state index >= 15 is 0 Å². The molecule has 1 amide bonds. The van der Waals surface area contributed by atoms with E-state index in [1.165, 1.54) is 6.20 Å². The zero-order valence-corrected chi connectivity index (χ0v) is 13.4. The molecule has 1 fully saturated rings. The Labute approximate surface area is 147 Å². The molecule has 0 bridgehead atoms. The van der Waals surface area contributed by atoms with Gasteiger partial charge in [-0.2, -0.15) is 10.5 Å². The van der Waals surface area contributed by atoms with E-state index < -0.39 is 24.4 Å². The Morgan fingerprint density at radius 2 is 2.23 bits per heavy atom. The highest BCUT2D eigenvalue weighted by atomic mass is 19.3. The fraction of sp³-hybridized carbons (Fsp3) is 0.294. The molecular weight excluding hydrogens is 344 g/mol. The third kappa shape index (κ3) is 3.47. The molecule has 2 atom stereocenters. The first-order chi connectivity index (χ1) is 12.5. The largest absolute Gasteiger partial charge is 0.432 e. The zero-order valence-electron chi connectivity index (χ0n) is 13.4. The molecule has 0 radical (unpaired) electrons. The van der Waals surface area contributed by atoms with Crippen molar-refractivity contribution in [1.29, 1.82) is 10.5 Å². The summed E-state index contributed by atoms with van der Waals surface area (Å²) < 4.78 is 31.2. The predicted octanol–water partition coefficient (Wildman–Crippen LogP) is 2.13. The van der Waals surface area contributed by atoms with E-state index in [1.807, 2.05) is 6.07 Å². The standard InChI is InChI=1S/C17H13F2N5O2/c18-15(19)13-5-12(8-24(13)9-21)23-16(25)17-22-7-14(26-17)11-3-1-2-10(4-11)6-20/h1-4,7,12-13,15H,5,8H2,(H,23,25)/t12-,13+/m1/s1. The van der Waals surface area contributed by atoms with Gasteiger partial charge in [-0.15, -0.1) is 0 Å². The minimum absolute atomic E-state index is 0.00896. The highest BCUT2D eigenvalue weighted by molar-refractivity contribution is 5.90. The molecule has 0 unspecified atom stereocenters. The van der Waals surface area contributed by atoms with Gasteiger partial charge in [-0.1, -0.05) is 12.1 Å². The van der Waals surface area contributed by atoms with Gasteiger partial charge < -0.3 is 9.73 Å². The molecule has 1 aliphatic heterocycles. The highest BCUT2D eigenvalue weighted by Gasteiger charge is 2.38. The van der Waals surface area contributed by atoms with Crippen LogP contribution in [0.25, 0.3) is 11.3 Å². The van der Waals surface area contributed by atoms with E-state index in [4.69, 9.17) is 14.9 Å². The number of carbonyl (C=O) groups excluding carboxylic acids is 1. The van der Waals surface area contributed by atoms with Crippen molar-refractivity contribution < 1.29 is 18.0 Å². The lowest BCUT2D eigenvalue weighted by Crippen LogP contribution is -2.36. The number of carbonyl (C=O) groups is 1. The second kappa shape index (κ2) is 7.19. The first-order valence-electron chi connectivity index (χ1n) is 7.73. The Bertz CT molecular complexity index is 899. The van der Waals surface area contributed by atoms with Gasteiger partial charge in [0.2, 0.25) is 0 Å². The Kier molecular flexibility index (Phi) is 4.81. The van der Waals surface area contributed by atoms with Gasteiger partial charge in [0.25, 0.3) is 12.3 Å². The van der Waals surface area contributed by atoms with E-state index in [2.05, 4.69) is 10.3 Å². The molecule has 1 aromatic carbocycles. The number of benzene rings is 1. The molecule has 2 aromatic rings. The molecular formula is C17H13F2N5O2. The lowest BCUT2D eigenvalue weighted by molar-refractivity contribution is 0.0695. The van der Waals surface area contributed by atoms with Crippen LogP contribution in [0.2, 0.25) is 0 Å². The van der Waals surface area contributed by atoms with Crippen molar-refractivity contribution in [2.75, 3.05) is 6.54 Å². The van der Waals surface area contributed by atoms with Gasteiger partial charge in [-0.05, 0) is 18.6 Å². The van der Waals surface area contributed by atoms with Gasteiger partial charge in [0.15, 0.2) is 12.0 Å². The number of nitrogens with one attached hydrogen (secondary N) is 1. The summed E-state index contributed by atoms with van der Waals surface area (Å²) in [7, 11) is 0. The SMILES string of the molecule is N#Cc1cccc(-c2cnc(C(=O)N[C@@H]3C[C@@H](C(F)F)N(C#N)C3)o2)c1. The molecule has 1 saturated heterocycles. The number of likely N-dealkylation sites (tertiary alicyclic amines) is 1. The maximum atomic E-state index is 12.9. The Balaban J connectivity index is 1.69. The average molecular weight is 357 g/mol. The number of amides is 1. The van der Waals surface area contributed by atoms with Gasteiger partial charge in [-0.25, -0.2) is 13.8 Å². The van der Waals surface area contributed by atoms with Gasteiger partial charge in [0.05, 0.1) is 17.8 Å². The van der Waals surface area contributed by atoms with Crippen LogP contribution in [-0.4, -0.2) is 40.8 Å². The minimum Gasteiger partial charge on any atom is -0.432 e. The minimum atomic E-state index is -2.67. The Hall–Kier alpha value is -3.46. The highest BCUT2D eigenvalue weighted by Crippen LogP contribution is 2.24. The van der Waals surface area contributed by atoms with E-state index in [9.17, 15) is 13.6 Å². The van der Waals surface area contributed by atoms with Crippen molar-refractivity contribution in [2.24, 2.45) is 0 Å². The summed E-state index contributed by atoms with van der Waals surface area (Å²) in [6.45, 7) is 0.00896. The van der Waals surface area contributed by atoms with Crippen LogP contribution in [0.4, 0.5) is 8.78 Å². The second-order valence-corrected chi connectivity index (χ2v) is 5.78. The monoisotopic (exact) mass is 357 g/mol. The van der Waals surface area contributed by atoms with Crippen LogP contribution >= 0.6 is 0 Å². The third-order valence-electron chi connectivity index (χ3n) is 4.07. The van der Waals surface area contributed by atoms with Gasteiger partial charge in [-0.3, -0.25) is 9.69 Å². The number of hydrogen-bond donors (Lipinski definition) is 1. The van der Waals surface area contributed by atoms with Crippen molar-refractivity contribution in [3.63, 3.8) is 0 Å². The maximum absolute atomic E-state index is 12.9. The molecule has 0 aliphatic carbocycles. The zero-order chi connectivity index (χ0) is 18.7. The number of oxazole rings is 1. The summed E-state index contributed by atoms with van der Waals surface area (Å²) in [5.74, 6) is -0.556. The van der Waals surface area contributed by atoms with Crippen LogP contribution in [0.3, 0.4) is 0 Å². The van der Waals surface area contributed by atoms with E-state index in [1.54, 1.807) is 30.5 Å². The maximum Gasteiger partial charge on any atom is 0.307 e. The Morgan fingerprint density at radius 3 is 2.88 bits per heavy atom. The topological polar surface area (TPSA) is 106 Å². The van der Waals surface area contributed by atoms with Crippen LogP contribution in [0.5, 0.6) is 0 Å². The molecule has 1 N–H and O–H groups in total. The summed E-state index contributed by atoms with van der Waals surface area (Å²) in [6, 6.07) is 6.81. The number of aromatic nitrogens is 1. The van der Waals surface area contributed by atoms with Crippen molar-refractivity contribution in [3.8, 4) is 23.6 Å². The molecule has 2 heterocycles. The molecule has 3 rings (SSSR count). The number of hydrogen-bond acceptors (Lipinski definition) is 6. The summed E-state index contributed by atoms with van der Waals surface area (Å²) in [4.78, 5) is 17.1. The summed E-state index contributed by atoms with van der Waals surface area (Å²) in [5, 5.41) is 20.4. The van der Waals surface area contributed by atoms with E-state index in [0.29, 0.717) is 16.9 Å². The van der Waals surface area contributed by atoms with Crippen LogP contribution in [0.1, 0.15) is 22.7 Å². The van der Waals surface area contributed by atoms with Crippen LogP contribution in [0, 0.1) is 22.8 Å². The fourth-order valence-electron chi connectivity index (χ4n) is 2.83. The number of nitriles is 2. The van der Waals surface area contributed by atoms with Crippen LogP contribution < -0.4 is 5.32 Å². The molecule has 1 aromatic heterocycles. The summed E-state index contributed by atoms with van der Waals surface area (Å²) in [5.41, 5.74) is 1.02. The number of nitrogens with zero attached hydrogens (tertiary/aromatic N) is 4. The molecule has 0 spiro atoms. The van der Waals surface area contributed by atoms with Crippen molar-refractivity contribution in [1.82, 2.24) is 15.2 Å². The fourth-order valence-corrected chi connectivity index (χ4v) is 2.83. The van der Waals surface area contributed by atoms with Gasteiger partial charge >= 0.3 is 5.91 Å². The summed E-state index contributed by atoms with van der Waals surface area (Å²) in [6.07, 6.45) is 0.360. The molecule has 26 heavy (non-hydrogen) atoms. The lowest BCUT2D eigenvalue weighted by Gasteiger charge is -2.15. The van der Waals surface area contributed by atoms with Crippen LogP contribution in [-0.2, 0) is 0 Å². The first kappa shape index (κ1) is 17.4. The van der Waals surface area contributed by atoms with Crippen LogP contribution in [0.15, 0.2) is 34.9 Å². The Morgan fingerprint density at radius 1 is 1.42 bits per heavy atom. The summed E-state index contributed by atoms with van der Waals surface area (Å²) >= 11 is 0. The van der Waals surface area contributed by atoms with Crippen molar-refractivity contribution >= 4 is 5.91 Å². The number of halogens is 2. The third-order valence-corrected chi connectivity index (χ3v) is 4.07. The first-order valence-corrected chi connectivity index (χ1v) is 7.73. The number of rotatable bonds is 4. The molecule has 7 nitrogen and oxygen atoms in total. The van der Waals surface area contributed by atoms with E-state index in [-0.39, 0.29) is 18.9 Å². The second-order valence-electron chi connectivity index (χ2n) is 5.78. The molecule has 9 heteroatoms. The predicted molar refractivity (Wildman–Crippen MR) is 84.6 cm³/mol. The molecule has 0 saturated carbocycles. The number of alkyl halides is 2. The van der Waals surface area contributed by atoms with Crippen molar-refractivity contribution in [2.45, 2.75) is 24.9 Å².